The van der Waals surface area contributed by atoms with Crippen LogP contribution in [0.25, 0.3) is 0 Å². The van der Waals surface area contributed by atoms with E-state index in [1.807, 2.05) is 6.07 Å². The average molecular weight is 257 g/mol. The Kier molecular flexibility index (Phi) is 3.48. The van der Waals surface area contributed by atoms with Gasteiger partial charge in [0.1, 0.15) is 17.4 Å². The van der Waals surface area contributed by atoms with Crippen molar-refractivity contribution < 1.29 is 4.74 Å². The van der Waals surface area contributed by atoms with Gasteiger partial charge in [0.25, 0.3) is 5.56 Å². The zero-order chi connectivity index (χ0) is 13.8. The SMILES string of the molecule is COc1cccc(Cn2cc(C#N)c(=O)[nH]c2=O)c1. The fourth-order valence-electron chi connectivity index (χ4n) is 1.67. The molecule has 0 bridgehead atoms. The maximum Gasteiger partial charge on any atom is 0.328 e. The van der Waals surface area contributed by atoms with Gasteiger partial charge in [-0.1, -0.05) is 12.1 Å². The topological polar surface area (TPSA) is 87.9 Å². The Balaban J connectivity index is 2.41. The second kappa shape index (κ2) is 5.23. The number of methoxy groups -OCH3 is 1. The molecule has 2 aromatic rings. The maximum atomic E-state index is 11.6. The Morgan fingerprint density at radius 1 is 1.42 bits per heavy atom. The van der Waals surface area contributed by atoms with Crippen LogP contribution in [-0.2, 0) is 6.54 Å². The van der Waals surface area contributed by atoms with E-state index in [-0.39, 0.29) is 12.1 Å². The predicted molar refractivity (Wildman–Crippen MR) is 68.1 cm³/mol. The van der Waals surface area contributed by atoms with E-state index in [2.05, 4.69) is 4.98 Å². The van der Waals surface area contributed by atoms with Crippen molar-refractivity contribution in [3.8, 4) is 11.8 Å². The van der Waals surface area contributed by atoms with Crippen molar-refractivity contribution >= 4 is 0 Å². The summed E-state index contributed by atoms with van der Waals surface area (Å²) in [5.41, 5.74) is -0.485. The molecule has 0 unspecified atom stereocenters. The normalized spacial score (nSPS) is 9.89. The van der Waals surface area contributed by atoms with Crippen LogP contribution in [0.15, 0.2) is 40.1 Å². The first-order valence-corrected chi connectivity index (χ1v) is 5.51. The molecule has 0 aliphatic heterocycles. The molecule has 96 valence electrons. The molecule has 1 heterocycles. The Morgan fingerprint density at radius 3 is 2.89 bits per heavy atom. The van der Waals surface area contributed by atoms with E-state index in [0.29, 0.717) is 5.75 Å². The summed E-state index contributed by atoms with van der Waals surface area (Å²) >= 11 is 0. The minimum Gasteiger partial charge on any atom is -0.497 e. The second-order valence-electron chi connectivity index (χ2n) is 3.89. The molecule has 19 heavy (non-hydrogen) atoms. The highest BCUT2D eigenvalue weighted by Crippen LogP contribution is 2.12. The van der Waals surface area contributed by atoms with E-state index in [0.717, 1.165) is 5.56 Å². The molecule has 0 fully saturated rings. The number of rotatable bonds is 3. The molecule has 0 aliphatic rings. The van der Waals surface area contributed by atoms with Crippen LogP contribution in [0.1, 0.15) is 11.1 Å². The van der Waals surface area contributed by atoms with Crippen LogP contribution in [0, 0.1) is 11.3 Å². The van der Waals surface area contributed by atoms with Gasteiger partial charge >= 0.3 is 5.69 Å². The molecule has 0 aliphatic carbocycles. The van der Waals surface area contributed by atoms with Crippen LogP contribution in [0.2, 0.25) is 0 Å². The van der Waals surface area contributed by atoms with Crippen LogP contribution in [-0.4, -0.2) is 16.7 Å². The predicted octanol–water partition coefficient (Wildman–Crippen LogP) is 0.465. The lowest BCUT2D eigenvalue weighted by Crippen LogP contribution is -2.31. The highest BCUT2D eigenvalue weighted by molar-refractivity contribution is 5.29. The molecule has 1 aromatic heterocycles. The van der Waals surface area contributed by atoms with Crippen molar-refractivity contribution in [1.82, 2.24) is 9.55 Å². The summed E-state index contributed by atoms with van der Waals surface area (Å²) in [7, 11) is 1.55. The van der Waals surface area contributed by atoms with E-state index in [4.69, 9.17) is 10.00 Å². The van der Waals surface area contributed by atoms with Gasteiger partial charge < -0.3 is 4.74 Å². The number of benzene rings is 1. The molecular formula is C13H11N3O3. The number of ether oxygens (including phenoxy) is 1. The molecular weight excluding hydrogens is 246 g/mol. The van der Waals surface area contributed by atoms with E-state index in [9.17, 15) is 9.59 Å². The van der Waals surface area contributed by atoms with Gasteiger partial charge in [-0.25, -0.2) is 4.79 Å². The largest absolute Gasteiger partial charge is 0.497 e. The first-order chi connectivity index (χ1) is 9.13. The van der Waals surface area contributed by atoms with Crippen molar-refractivity contribution in [1.29, 1.82) is 5.26 Å². The van der Waals surface area contributed by atoms with Gasteiger partial charge in [-0.15, -0.1) is 0 Å². The standard InChI is InChI=1S/C13H11N3O3/c1-19-11-4-2-3-9(5-11)7-16-8-10(6-14)12(17)15-13(16)18/h2-5,8H,7H2,1H3,(H,15,17,18). The third-order valence-corrected chi connectivity index (χ3v) is 2.62. The van der Waals surface area contributed by atoms with Crippen LogP contribution in [0.4, 0.5) is 0 Å². The monoisotopic (exact) mass is 257 g/mol. The lowest BCUT2D eigenvalue weighted by atomic mass is 10.2. The molecule has 0 saturated heterocycles. The summed E-state index contributed by atoms with van der Waals surface area (Å²) in [6.45, 7) is 0.251. The third kappa shape index (κ3) is 2.72. The number of nitriles is 1. The zero-order valence-electron chi connectivity index (χ0n) is 10.2. The smallest absolute Gasteiger partial charge is 0.328 e. The van der Waals surface area contributed by atoms with Crippen LogP contribution < -0.4 is 16.0 Å². The Labute approximate surface area is 108 Å². The average Bonchev–Trinajstić information content (AvgIpc) is 2.42. The molecule has 1 aromatic carbocycles. The van der Waals surface area contributed by atoms with Crippen molar-refractivity contribution in [2.45, 2.75) is 6.54 Å². The van der Waals surface area contributed by atoms with Crippen molar-refractivity contribution in [3.63, 3.8) is 0 Å². The Morgan fingerprint density at radius 2 is 2.21 bits per heavy atom. The summed E-state index contributed by atoms with van der Waals surface area (Å²) in [6.07, 6.45) is 1.25. The minimum atomic E-state index is -0.672. The molecule has 0 saturated carbocycles. The van der Waals surface area contributed by atoms with Gasteiger partial charge in [0.05, 0.1) is 13.7 Å². The van der Waals surface area contributed by atoms with E-state index < -0.39 is 11.2 Å². The van der Waals surface area contributed by atoms with E-state index in [1.165, 1.54) is 10.8 Å². The Bertz CT molecular complexity index is 753. The quantitative estimate of drug-likeness (QED) is 0.865. The lowest BCUT2D eigenvalue weighted by molar-refractivity contribution is 0.414. The Hall–Kier alpha value is -2.81. The molecule has 0 spiro atoms. The summed E-state index contributed by atoms with van der Waals surface area (Å²) in [5, 5.41) is 8.78. The number of nitrogens with zero attached hydrogens (tertiary/aromatic N) is 2. The number of nitrogens with one attached hydrogen (secondary N) is 1. The van der Waals surface area contributed by atoms with Crippen LogP contribution in [0.5, 0.6) is 5.75 Å². The first-order valence-electron chi connectivity index (χ1n) is 5.51. The van der Waals surface area contributed by atoms with E-state index >= 15 is 0 Å². The molecule has 0 radical (unpaired) electrons. The van der Waals surface area contributed by atoms with Gasteiger partial charge in [-0.3, -0.25) is 14.3 Å². The zero-order valence-corrected chi connectivity index (χ0v) is 10.2. The van der Waals surface area contributed by atoms with Gasteiger partial charge in [-0.05, 0) is 17.7 Å². The summed E-state index contributed by atoms with van der Waals surface area (Å²) in [4.78, 5) is 25.0. The highest BCUT2D eigenvalue weighted by Gasteiger charge is 2.05. The van der Waals surface area contributed by atoms with Crippen LogP contribution in [0.3, 0.4) is 0 Å². The molecule has 1 N–H and O–H groups in total. The fourth-order valence-corrected chi connectivity index (χ4v) is 1.67. The third-order valence-electron chi connectivity index (χ3n) is 2.62. The van der Waals surface area contributed by atoms with Gasteiger partial charge in [0, 0.05) is 6.20 Å². The summed E-state index contributed by atoms with van der Waals surface area (Å²) < 4.78 is 6.36. The molecule has 2 rings (SSSR count). The lowest BCUT2D eigenvalue weighted by Gasteiger charge is -2.07. The first kappa shape index (κ1) is 12.6. The number of aromatic nitrogens is 2. The van der Waals surface area contributed by atoms with Crippen LogP contribution >= 0.6 is 0 Å². The number of aromatic amines is 1. The molecule has 0 atom stereocenters. The number of hydrogen-bond acceptors (Lipinski definition) is 4. The van der Waals surface area contributed by atoms with Crippen molar-refractivity contribution in [2.75, 3.05) is 7.11 Å². The van der Waals surface area contributed by atoms with Gasteiger partial charge in [0.15, 0.2) is 0 Å². The maximum absolute atomic E-state index is 11.6. The minimum absolute atomic E-state index is 0.0949. The fraction of sp³-hybridized carbons (Fsp3) is 0.154. The highest BCUT2D eigenvalue weighted by atomic mass is 16.5. The number of H-pyrrole nitrogens is 1. The molecule has 6 heteroatoms. The van der Waals surface area contributed by atoms with Crippen molar-refractivity contribution in [2.24, 2.45) is 0 Å². The van der Waals surface area contributed by atoms with Gasteiger partial charge in [0.2, 0.25) is 0 Å². The summed E-state index contributed by atoms with van der Waals surface area (Å²) in [5.74, 6) is 0.676. The van der Waals surface area contributed by atoms with Gasteiger partial charge in [-0.2, -0.15) is 5.26 Å². The van der Waals surface area contributed by atoms with Crippen molar-refractivity contribution in [3.05, 3.63) is 62.4 Å². The molecule has 0 amide bonds. The second-order valence-corrected chi connectivity index (χ2v) is 3.89. The number of hydrogen-bond donors (Lipinski definition) is 1. The molecule has 6 nitrogen and oxygen atoms in total. The van der Waals surface area contributed by atoms with E-state index in [1.54, 1.807) is 31.4 Å². The summed E-state index contributed by atoms with van der Waals surface area (Å²) in [6, 6.07) is 8.94.